The number of halogens is 3. The monoisotopic (exact) mass is 419 g/mol. The summed E-state index contributed by atoms with van der Waals surface area (Å²) in [6, 6.07) is 13.9. The summed E-state index contributed by atoms with van der Waals surface area (Å²) in [5.41, 5.74) is 2.94. The molecule has 0 saturated heterocycles. The molecule has 0 atom stereocenters. The van der Waals surface area contributed by atoms with Gasteiger partial charge in [-0.15, -0.1) is 0 Å². The minimum absolute atomic E-state index is 0.169. The second kappa shape index (κ2) is 7.41. The highest BCUT2D eigenvalue weighted by Crippen LogP contribution is 2.33. The molecule has 0 spiro atoms. The molecule has 0 fully saturated rings. The molecule has 1 N–H and O–H groups in total. The zero-order valence-corrected chi connectivity index (χ0v) is 15.7. The maximum atomic E-state index is 13.4. The van der Waals surface area contributed by atoms with Gasteiger partial charge in [0.1, 0.15) is 5.76 Å². The van der Waals surface area contributed by atoms with Gasteiger partial charge >= 0.3 is 0 Å². The molecular weight excluding hydrogens is 404 g/mol. The minimum atomic E-state index is -2.89. The first kappa shape index (κ1) is 18.3. The average molecular weight is 420 g/mol. The van der Waals surface area contributed by atoms with Crippen molar-refractivity contribution < 1.29 is 18.0 Å². The smallest absolute Gasteiger partial charge is 0.296 e. The van der Waals surface area contributed by atoms with Gasteiger partial charge in [0.15, 0.2) is 5.76 Å². The third-order valence-electron chi connectivity index (χ3n) is 3.81. The summed E-state index contributed by atoms with van der Waals surface area (Å²) in [6.45, 7) is 3.80. The summed E-state index contributed by atoms with van der Waals surface area (Å²) >= 11 is 3.32. The van der Waals surface area contributed by atoms with Gasteiger partial charge in [0.2, 0.25) is 0 Å². The van der Waals surface area contributed by atoms with E-state index in [1.165, 1.54) is 6.07 Å². The van der Waals surface area contributed by atoms with Crippen molar-refractivity contribution in [3.05, 3.63) is 75.5 Å². The van der Waals surface area contributed by atoms with Crippen LogP contribution in [0.25, 0.3) is 11.3 Å². The van der Waals surface area contributed by atoms with Crippen LogP contribution in [0.3, 0.4) is 0 Å². The van der Waals surface area contributed by atoms with E-state index in [1.54, 1.807) is 36.4 Å². The number of alkyl halides is 2. The molecule has 0 radical (unpaired) electrons. The lowest BCUT2D eigenvalue weighted by Gasteiger charge is -2.07. The van der Waals surface area contributed by atoms with Crippen LogP contribution in [0.5, 0.6) is 0 Å². The summed E-state index contributed by atoms with van der Waals surface area (Å²) < 4.78 is 32.9. The Morgan fingerprint density at radius 3 is 2.23 bits per heavy atom. The number of amides is 1. The molecule has 0 bridgehead atoms. The first-order chi connectivity index (χ1) is 12.3. The zero-order chi connectivity index (χ0) is 18.8. The predicted molar refractivity (Wildman–Crippen MR) is 101 cm³/mol. The zero-order valence-electron chi connectivity index (χ0n) is 14.1. The van der Waals surface area contributed by atoms with E-state index >= 15 is 0 Å². The summed E-state index contributed by atoms with van der Waals surface area (Å²) in [5, 5.41) is 2.67. The number of hydrogen-bond acceptors (Lipinski definition) is 2. The first-order valence-corrected chi connectivity index (χ1v) is 8.70. The lowest BCUT2D eigenvalue weighted by atomic mass is 10.1. The molecule has 1 heterocycles. The van der Waals surface area contributed by atoms with Crippen molar-refractivity contribution in [1.29, 1.82) is 0 Å². The molecule has 0 unspecified atom stereocenters. The number of carbonyl (C=O) groups is 1. The number of aryl methyl sites for hydroxylation is 2. The van der Waals surface area contributed by atoms with E-state index < -0.39 is 18.1 Å². The van der Waals surface area contributed by atoms with E-state index in [1.807, 2.05) is 19.9 Å². The standard InChI is InChI=1S/C20H16BrF2NO2/c1-11-7-12(2)9-15(8-11)24-20(25)16-10-17(26-18(16)19(22)23)13-3-5-14(21)6-4-13/h3-10,19H,1-2H3,(H,24,25). The molecule has 0 aliphatic rings. The summed E-state index contributed by atoms with van der Waals surface area (Å²) in [4.78, 5) is 12.5. The van der Waals surface area contributed by atoms with Gasteiger partial charge in [0.25, 0.3) is 12.3 Å². The number of carbonyl (C=O) groups excluding carboxylic acids is 1. The Hall–Kier alpha value is -2.47. The van der Waals surface area contributed by atoms with Crippen LogP contribution in [-0.4, -0.2) is 5.91 Å². The highest BCUT2D eigenvalue weighted by molar-refractivity contribution is 9.10. The number of benzene rings is 2. The third-order valence-corrected chi connectivity index (χ3v) is 4.34. The van der Waals surface area contributed by atoms with Gasteiger partial charge in [-0.3, -0.25) is 4.79 Å². The largest absolute Gasteiger partial charge is 0.454 e. The maximum Gasteiger partial charge on any atom is 0.296 e. The number of furan rings is 1. The molecule has 134 valence electrons. The molecule has 3 aromatic rings. The van der Waals surface area contributed by atoms with E-state index in [-0.39, 0.29) is 11.3 Å². The van der Waals surface area contributed by atoms with Crippen molar-refractivity contribution in [1.82, 2.24) is 0 Å². The van der Waals surface area contributed by atoms with Crippen LogP contribution in [0, 0.1) is 13.8 Å². The third kappa shape index (κ3) is 4.02. The Kier molecular flexibility index (Phi) is 5.23. The molecule has 0 saturated carbocycles. The van der Waals surface area contributed by atoms with Gasteiger partial charge in [0.05, 0.1) is 5.56 Å². The highest BCUT2D eigenvalue weighted by atomic mass is 79.9. The fourth-order valence-corrected chi connectivity index (χ4v) is 3.01. The summed E-state index contributed by atoms with van der Waals surface area (Å²) in [5.74, 6) is -1.04. The van der Waals surface area contributed by atoms with Crippen molar-refractivity contribution >= 4 is 27.5 Å². The fourth-order valence-electron chi connectivity index (χ4n) is 2.75. The number of hydrogen-bond donors (Lipinski definition) is 1. The molecule has 2 aromatic carbocycles. The topological polar surface area (TPSA) is 42.2 Å². The van der Waals surface area contributed by atoms with Crippen LogP contribution in [0.1, 0.15) is 33.7 Å². The van der Waals surface area contributed by atoms with Crippen molar-refractivity contribution in [3.63, 3.8) is 0 Å². The van der Waals surface area contributed by atoms with Crippen LogP contribution in [0.4, 0.5) is 14.5 Å². The molecule has 6 heteroatoms. The Bertz CT molecular complexity index is 929. The van der Waals surface area contributed by atoms with E-state index in [2.05, 4.69) is 21.2 Å². The van der Waals surface area contributed by atoms with Crippen LogP contribution >= 0.6 is 15.9 Å². The quantitative estimate of drug-likeness (QED) is 0.523. The molecule has 1 aromatic heterocycles. The van der Waals surface area contributed by atoms with E-state index in [9.17, 15) is 13.6 Å². The molecule has 1 amide bonds. The maximum absolute atomic E-state index is 13.4. The Morgan fingerprint density at radius 2 is 1.65 bits per heavy atom. The van der Waals surface area contributed by atoms with E-state index in [0.717, 1.165) is 15.6 Å². The molecule has 0 aliphatic carbocycles. The Balaban J connectivity index is 1.95. The molecule has 0 aliphatic heterocycles. The summed E-state index contributed by atoms with van der Waals surface area (Å²) in [7, 11) is 0. The average Bonchev–Trinajstić information content (AvgIpc) is 3.00. The van der Waals surface area contributed by atoms with Crippen LogP contribution in [0.2, 0.25) is 0 Å². The first-order valence-electron chi connectivity index (χ1n) is 7.91. The van der Waals surface area contributed by atoms with Crippen LogP contribution in [-0.2, 0) is 0 Å². The van der Waals surface area contributed by atoms with Gasteiger partial charge in [-0.2, -0.15) is 0 Å². The van der Waals surface area contributed by atoms with Gasteiger partial charge < -0.3 is 9.73 Å². The van der Waals surface area contributed by atoms with E-state index in [0.29, 0.717) is 11.3 Å². The van der Waals surface area contributed by atoms with Gasteiger partial charge in [-0.1, -0.05) is 34.1 Å². The second-order valence-electron chi connectivity index (χ2n) is 6.03. The van der Waals surface area contributed by atoms with Gasteiger partial charge in [0, 0.05) is 15.7 Å². The highest BCUT2D eigenvalue weighted by Gasteiger charge is 2.25. The minimum Gasteiger partial charge on any atom is -0.454 e. The van der Waals surface area contributed by atoms with Crippen molar-refractivity contribution in [3.8, 4) is 11.3 Å². The SMILES string of the molecule is Cc1cc(C)cc(NC(=O)c2cc(-c3ccc(Br)cc3)oc2C(F)F)c1. The Morgan fingerprint density at radius 1 is 1.04 bits per heavy atom. The second-order valence-corrected chi connectivity index (χ2v) is 6.94. The van der Waals surface area contributed by atoms with Crippen molar-refractivity contribution in [2.75, 3.05) is 5.32 Å². The van der Waals surface area contributed by atoms with Crippen molar-refractivity contribution in [2.24, 2.45) is 0 Å². The van der Waals surface area contributed by atoms with Crippen molar-refractivity contribution in [2.45, 2.75) is 20.3 Å². The van der Waals surface area contributed by atoms with Crippen LogP contribution < -0.4 is 5.32 Å². The lowest BCUT2D eigenvalue weighted by molar-refractivity contribution is 0.0984. The molecule has 3 rings (SSSR count). The number of nitrogens with one attached hydrogen (secondary N) is 1. The molecule has 3 nitrogen and oxygen atoms in total. The number of rotatable bonds is 4. The Labute approximate surface area is 158 Å². The van der Waals surface area contributed by atoms with Crippen LogP contribution in [0.15, 0.2) is 57.4 Å². The molecular formula is C20H16BrF2NO2. The fraction of sp³-hybridized carbons (Fsp3) is 0.150. The normalized spacial score (nSPS) is 11.0. The van der Waals surface area contributed by atoms with E-state index in [4.69, 9.17) is 4.42 Å². The molecule has 26 heavy (non-hydrogen) atoms. The van der Waals surface area contributed by atoms with Gasteiger partial charge in [-0.25, -0.2) is 8.78 Å². The predicted octanol–water partition coefficient (Wildman–Crippen LogP) is 6.52. The van der Waals surface area contributed by atoms with Gasteiger partial charge in [-0.05, 0) is 55.3 Å². The summed E-state index contributed by atoms with van der Waals surface area (Å²) in [6.07, 6.45) is -2.89. The lowest BCUT2D eigenvalue weighted by Crippen LogP contribution is -2.13. The number of anilines is 1.